The second-order valence-corrected chi connectivity index (χ2v) is 4.46. The first-order chi connectivity index (χ1) is 7.27. The molecule has 0 saturated carbocycles. The first kappa shape index (κ1) is 11.5. The molecular formula is C13H17ClN2. The van der Waals surface area contributed by atoms with Crippen LogP contribution in [0.25, 0.3) is 10.9 Å². The van der Waals surface area contributed by atoms with Gasteiger partial charge in [0.25, 0.3) is 0 Å². The van der Waals surface area contributed by atoms with Crippen LogP contribution in [0.2, 0.25) is 0 Å². The highest BCUT2D eigenvalue weighted by molar-refractivity contribution is 5.90. The number of nitrogens with one attached hydrogen (secondary N) is 2. The third-order valence-corrected chi connectivity index (χ3v) is 3.42. The fraction of sp³-hybridized carbons (Fsp3) is 0.385. The van der Waals surface area contributed by atoms with Crippen molar-refractivity contribution in [2.45, 2.75) is 26.8 Å². The summed E-state index contributed by atoms with van der Waals surface area (Å²) in [6, 6.07) is 4.42. The predicted molar refractivity (Wildman–Crippen MR) is 70.4 cm³/mol. The molecule has 2 N–H and O–H groups in total. The quantitative estimate of drug-likeness (QED) is 0.723. The molecule has 0 unspecified atom stereocenters. The van der Waals surface area contributed by atoms with Crippen molar-refractivity contribution in [3.05, 3.63) is 34.5 Å². The molecule has 86 valence electrons. The highest BCUT2D eigenvalue weighted by Crippen LogP contribution is 2.29. The normalized spacial score (nSPS) is 14.6. The van der Waals surface area contributed by atoms with Gasteiger partial charge in [-0.25, -0.2) is 0 Å². The number of hydrogen-bond donors (Lipinski definition) is 2. The maximum absolute atomic E-state index is 3.59. The molecule has 0 saturated heterocycles. The van der Waals surface area contributed by atoms with E-state index in [9.17, 15) is 0 Å². The van der Waals surface area contributed by atoms with E-state index < -0.39 is 0 Å². The lowest BCUT2D eigenvalue weighted by Crippen LogP contribution is -2.22. The molecule has 0 fully saturated rings. The molecule has 3 rings (SSSR count). The minimum atomic E-state index is 0. The molecule has 1 aliphatic rings. The van der Waals surface area contributed by atoms with Crippen LogP contribution in [0.15, 0.2) is 12.1 Å². The first-order valence-electron chi connectivity index (χ1n) is 5.57. The van der Waals surface area contributed by atoms with E-state index in [1.54, 1.807) is 0 Å². The summed E-state index contributed by atoms with van der Waals surface area (Å²) in [7, 11) is 0. The van der Waals surface area contributed by atoms with Gasteiger partial charge in [-0.3, -0.25) is 0 Å². The van der Waals surface area contributed by atoms with E-state index in [0.717, 1.165) is 19.5 Å². The van der Waals surface area contributed by atoms with E-state index in [4.69, 9.17) is 0 Å². The van der Waals surface area contributed by atoms with E-state index >= 15 is 0 Å². The predicted octanol–water partition coefficient (Wildman–Crippen LogP) is 2.85. The minimum Gasteiger partial charge on any atom is -0.358 e. The van der Waals surface area contributed by atoms with E-state index in [1.165, 1.54) is 33.3 Å². The second kappa shape index (κ2) is 4.11. The van der Waals surface area contributed by atoms with Crippen molar-refractivity contribution in [3.8, 4) is 0 Å². The third-order valence-electron chi connectivity index (χ3n) is 3.42. The Labute approximate surface area is 102 Å². The summed E-state index contributed by atoms with van der Waals surface area (Å²) in [6.45, 7) is 6.49. The number of halogens is 1. The Hall–Kier alpha value is -0.990. The number of aromatic nitrogens is 1. The Bertz CT molecular complexity index is 528. The van der Waals surface area contributed by atoms with Crippen molar-refractivity contribution < 1.29 is 0 Å². The van der Waals surface area contributed by atoms with Crippen LogP contribution in [-0.2, 0) is 13.0 Å². The largest absolute Gasteiger partial charge is 0.358 e. The Balaban J connectivity index is 0.000000963. The summed E-state index contributed by atoms with van der Waals surface area (Å²) in [5, 5.41) is 4.89. The summed E-state index contributed by atoms with van der Waals surface area (Å²) in [5.74, 6) is 0. The van der Waals surface area contributed by atoms with E-state index in [1.807, 2.05) is 0 Å². The number of rotatable bonds is 0. The molecule has 1 aliphatic heterocycles. The number of H-pyrrole nitrogens is 1. The molecule has 0 spiro atoms. The van der Waals surface area contributed by atoms with Gasteiger partial charge in [-0.15, -0.1) is 12.4 Å². The van der Waals surface area contributed by atoms with Gasteiger partial charge in [0.2, 0.25) is 0 Å². The molecule has 0 aliphatic carbocycles. The molecule has 0 amide bonds. The van der Waals surface area contributed by atoms with Crippen LogP contribution in [0, 0.1) is 13.8 Å². The van der Waals surface area contributed by atoms with Gasteiger partial charge in [0.05, 0.1) is 0 Å². The number of aromatic amines is 1. The number of aryl methyl sites for hydroxylation is 2. The lowest BCUT2D eigenvalue weighted by Gasteiger charge is -2.13. The highest BCUT2D eigenvalue weighted by atomic mass is 35.5. The van der Waals surface area contributed by atoms with Crippen LogP contribution in [0.5, 0.6) is 0 Å². The molecule has 2 aromatic rings. The smallest absolute Gasteiger partial charge is 0.0491 e. The van der Waals surface area contributed by atoms with Gasteiger partial charge < -0.3 is 10.3 Å². The molecular weight excluding hydrogens is 220 g/mol. The van der Waals surface area contributed by atoms with Gasteiger partial charge in [0.1, 0.15) is 0 Å². The van der Waals surface area contributed by atoms with Gasteiger partial charge in [-0.1, -0.05) is 12.1 Å². The summed E-state index contributed by atoms with van der Waals surface area (Å²) in [6.07, 6.45) is 1.13. The zero-order valence-electron chi connectivity index (χ0n) is 9.68. The summed E-state index contributed by atoms with van der Waals surface area (Å²) < 4.78 is 0. The highest BCUT2D eigenvalue weighted by Gasteiger charge is 2.16. The fourth-order valence-electron chi connectivity index (χ4n) is 2.57. The molecule has 2 nitrogen and oxygen atoms in total. The average Bonchev–Trinajstić information content (AvgIpc) is 2.64. The van der Waals surface area contributed by atoms with E-state index in [0.29, 0.717) is 0 Å². The van der Waals surface area contributed by atoms with Gasteiger partial charge >= 0.3 is 0 Å². The Morgan fingerprint density at radius 2 is 1.88 bits per heavy atom. The molecule has 0 bridgehead atoms. The Kier molecular flexibility index (Phi) is 2.96. The van der Waals surface area contributed by atoms with Crippen LogP contribution in [-0.4, -0.2) is 11.5 Å². The second-order valence-electron chi connectivity index (χ2n) is 4.46. The minimum absolute atomic E-state index is 0. The van der Waals surface area contributed by atoms with Crippen molar-refractivity contribution in [2.75, 3.05) is 6.54 Å². The van der Waals surface area contributed by atoms with Gasteiger partial charge in [-0.05, 0) is 30.5 Å². The molecule has 3 heteroatoms. The van der Waals surface area contributed by atoms with Crippen LogP contribution in [0.4, 0.5) is 0 Å². The molecule has 1 aromatic heterocycles. The maximum atomic E-state index is 3.59. The summed E-state index contributed by atoms with van der Waals surface area (Å²) >= 11 is 0. The zero-order chi connectivity index (χ0) is 10.4. The third kappa shape index (κ3) is 1.53. The Morgan fingerprint density at radius 3 is 2.69 bits per heavy atom. The van der Waals surface area contributed by atoms with Crippen molar-refractivity contribution in [1.29, 1.82) is 0 Å². The van der Waals surface area contributed by atoms with Gasteiger partial charge in [0.15, 0.2) is 0 Å². The first-order valence-corrected chi connectivity index (χ1v) is 5.57. The van der Waals surface area contributed by atoms with Crippen LogP contribution in [0.1, 0.15) is 22.4 Å². The summed E-state index contributed by atoms with van der Waals surface area (Å²) in [4.78, 5) is 3.59. The molecule has 2 heterocycles. The molecule has 0 atom stereocenters. The molecule has 1 aromatic carbocycles. The van der Waals surface area contributed by atoms with Crippen molar-refractivity contribution in [3.63, 3.8) is 0 Å². The Morgan fingerprint density at radius 1 is 1.12 bits per heavy atom. The molecule has 16 heavy (non-hydrogen) atoms. The topological polar surface area (TPSA) is 27.8 Å². The SMILES string of the molecule is Cc1ccc(C)c2c3c([nH]c12)CCNC3.Cl. The van der Waals surface area contributed by atoms with Crippen LogP contribution in [0.3, 0.4) is 0 Å². The van der Waals surface area contributed by atoms with Crippen molar-refractivity contribution in [1.82, 2.24) is 10.3 Å². The maximum Gasteiger partial charge on any atom is 0.0491 e. The van der Waals surface area contributed by atoms with Gasteiger partial charge in [0, 0.05) is 36.1 Å². The lowest BCUT2D eigenvalue weighted by atomic mass is 10.0. The number of benzene rings is 1. The number of fused-ring (bicyclic) bond motifs is 3. The fourth-order valence-corrected chi connectivity index (χ4v) is 2.57. The summed E-state index contributed by atoms with van der Waals surface area (Å²) in [5.41, 5.74) is 6.99. The van der Waals surface area contributed by atoms with Crippen molar-refractivity contribution in [2.24, 2.45) is 0 Å². The lowest BCUT2D eigenvalue weighted by molar-refractivity contribution is 0.640. The van der Waals surface area contributed by atoms with E-state index in [2.05, 4.69) is 36.3 Å². The standard InChI is InChI=1S/C13H16N2.ClH/c1-8-3-4-9(2)13-12(8)10-7-14-6-5-11(10)15-13;/h3-4,14-15H,5-7H2,1-2H3;1H. The molecule has 0 radical (unpaired) electrons. The monoisotopic (exact) mass is 236 g/mol. The van der Waals surface area contributed by atoms with Crippen LogP contribution < -0.4 is 5.32 Å². The van der Waals surface area contributed by atoms with Crippen molar-refractivity contribution >= 4 is 23.3 Å². The van der Waals surface area contributed by atoms with Gasteiger partial charge in [-0.2, -0.15) is 0 Å². The van der Waals surface area contributed by atoms with Crippen LogP contribution >= 0.6 is 12.4 Å². The zero-order valence-corrected chi connectivity index (χ0v) is 10.5. The number of hydrogen-bond acceptors (Lipinski definition) is 1. The average molecular weight is 237 g/mol. The van der Waals surface area contributed by atoms with E-state index in [-0.39, 0.29) is 12.4 Å².